The monoisotopic (exact) mass is 379 g/mol. The number of fused-ring (bicyclic) bond motifs is 1. The molecular formula is C22H29N5O. The van der Waals surface area contributed by atoms with Gasteiger partial charge in [0.05, 0.1) is 0 Å². The number of rotatable bonds is 4. The van der Waals surface area contributed by atoms with E-state index in [9.17, 15) is 4.79 Å². The van der Waals surface area contributed by atoms with Crippen molar-refractivity contribution in [1.29, 1.82) is 0 Å². The van der Waals surface area contributed by atoms with Crippen molar-refractivity contribution in [3.05, 3.63) is 53.2 Å². The zero-order valence-electron chi connectivity index (χ0n) is 16.8. The number of aryl methyl sites for hydroxylation is 1. The van der Waals surface area contributed by atoms with Crippen LogP contribution < -0.4 is 10.2 Å². The van der Waals surface area contributed by atoms with Gasteiger partial charge in [-0.25, -0.2) is 0 Å². The molecule has 2 heterocycles. The van der Waals surface area contributed by atoms with Gasteiger partial charge in [-0.05, 0) is 68.5 Å². The lowest BCUT2D eigenvalue weighted by atomic mass is 9.88. The summed E-state index contributed by atoms with van der Waals surface area (Å²) in [6.45, 7) is 1.92. The minimum absolute atomic E-state index is 0.0415. The molecule has 0 radical (unpaired) electrons. The second-order valence-corrected chi connectivity index (χ2v) is 7.95. The standard InChI is InChI=1S/C22H29N5O/c1-26(19-8-7-16-5-3-4-6-17(16)15-19)21-10-9-20(24-25-21)22(28)27(2)18-11-13-23-14-12-18/h3-6,9-10,18-19,23H,7-8,11-15H2,1-2H3. The number of piperidine rings is 1. The van der Waals surface area contributed by atoms with Gasteiger partial charge >= 0.3 is 0 Å². The number of hydrogen-bond donors (Lipinski definition) is 1. The molecule has 1 N–H and O–H groups in total. The first-order valence-corrected chi connectivity index (χ1v) is 10.2. The molecular weight excluding hydrogens is 350 g/mol. The summed E-state index contributed by atoms with van der Waals surface area (Å²) in [6, 6.07) is 13.1. The lowest BCUT2D eigenvalue weighted by molar-refractivity contribution is 0.0696. The molecule has 148 valence electrons. The highest BCUT2D eigenvalue weighted by molar-refractivity contribution is 5.92. The van der Waals surface area contributed by atoms with Crippen molar-refractivity contribution in [1.82, 2.24) is 20.4 Å². The molecule has 0 saturated carbocycles. The van der Waals surface area contributed by atoms with Crippen LogP contribution in [0.3, 0.4) is 0 Å². The first-order valence-electron chi connectivity index (χ1n) is 10.2. The largest absolute Gasteiger partial charge is 0.355 e. The minimum Gasteiger partial charge on any atom is -0.355 e. The van der Waals surface area contributed by atoms with Crippen LogP contribution in [0.1, 0.15) is 40.9 Å². The summed E-state index contributed by atoms with van der Waals surface area (Å²) in [5.41, 5.74) is 3.31. The van der Waals surface area contributed by atoms with Gasteiger partial charge in [0, 0.05) is 26.2 Å². The van der Waals surface area contributed by atoms with Crippen LogP contribution in [0.2, 0.25) is 0 Å². The maximum absolute atomic E-state index is 12.8. The Hall–Kier alpha value is -2.47. The number of nitrogens with zero attached hydrogens (tertiary/aromatic N) is 4. The molecule has 1 unspecified atom stereocenters. The van der Waals surface area contributed by atoms with Gasteiger partial charge in [0.1, 0.15) is 0 Å². The maximum Gasteiger partial charge on any atom is 0.274 e. The SMILES string of the molecule is CN(C(=O)c1ccc(N(C)C2CCc3ccccc3C2)nn1)C1CCNCC1. The molecule has 1 amide bonds. The predicted octanol–water partition coefficient (Wildman–Crippen LogP) is 2.29. The molecule has 28 heavy (non-hydrogen) atoms. The summed E-state index contributed by atoms with van der Waals surface area (Å²) >= 11 is 0. The lowest BCUT2D eigenvalue weighted by Gasteiger charge is -2.33. The van der Waals surface area contributed by atoms with Crippen molar-refractivity contribution < 1.29 is 4.79 Å². The molecule has 1 aliphatic heterocycles. The van der Waals surface area contributed by atoms with Crippen molar-refractivity contribution >= 4 is 11.7 Å². The predicted molar refractivity (Wildman–Crippen MR) is 111 cm³/mol. The summed E-state index contributed by atoms with van der Waals surface area (Å²) < 4.78 is 0. The van der Waals surface area contributed by atoms with Crippen molar-refractivity contribution in [3.8, 4) is 0 Å². The number of amides is 1. The third kappa shape index (κ3) is 3.87. The first kappa shape index (κ1) is 18.9. The van der Waals surface area contributed by atoms with Crippen molar-refractivity contribution in [2.75, 3.05) is 32.1 Å². The van der Waals surface area contributed by atoms with Gasteiger partial charge in [0.25, 0.3) is 5.91 Å². The fourth-order valence-electron chi connectivity index (χ4n) is 4.36. The van der Waals surface area contributed by atoms with Crippen LogP contribution in [0, 0.1) is 0 Å². The van der Waals surface area contributed by atoms with E-state index in [2.05, 4.69) is 51.7 Å². The van der Waals surface area contributed by atoms with Crippen LogP contribution in [0.4, 0.5) is 5.82 Å². The Morgan fingerprint density at radius 3 is 2.43 bits per heavy atom. The van der Waals surface area contributed by atoms with E-state index in [4.69, 9.17) is 0 Å². The molecule has 6 nitrogen and oxygen atoms in total. The zero-order chi connectivity index (χ0) is 19.5. The lowest BCUT2D eigenvalue weighted by Crippen LogP contribution is -2.44. The summed E-state index contributed by atoms with van der Waals surface area (Å²) in [4.78, 5) is 16.8. The van der Waals surface area contributed by atoms with Gasteiger partial charge in [-0.1, -0.05) is 24.3 Å². The molecule has 1 aromatic carbocycles. The third-order valence-corrected chi connectivity index (χ3v) is 6.28. The fourth-order valence-corrected chi connectivity index (χ4v) is 4.36. The van der Waals surface area contributed by atoms with E-state index in [0.717, 1.165) is 51.0 Å². The Labute approximate surface area is 166 Å². The summed E-state index contributed by atoms with van der Waals surface area (Å²) in [5, 5.41) is 12.0. The molecule has 1 aromatic heterocycles. The Bertz CT molecular complexity index is 816. The first-order chi connectivity index (χ1) is 13.6. The summed E-state index contributed by atoms with van der Waals surface area (Å²) in [7, 11) is 3.95. The second-order valence-electron chi connectivity index (χ2n) is 7.95. The van der Waals surface area contributed by atoms with Crippen LogP contribution >= 0.6 is 0 Å². The fraction of sp³-hybridized carbons (Fsp3) is 0.500. The highest BCUT2D eigenvalue weighted by atomic mass is 16.2. The third-order valence-electron chi connectivity index (χ3n) is 6.28. The average Bonchev–Trinajstić information content (AvgIpc) is 2.78. The Kier molecular flexibility index (Phi) is 5.57. The molecule has 1 saturated heterocycles. The summed E-state index contributed by atoms with van der Waals surface area (Å²) in [5.74, 6) is 0.783. The minimum atomic E-state index is -0.0415. The van der Waals surface area contributed by atoms with Gasteiger partial charge in [-0.15, -0.1) is 10.2 Å². The number of aromatic nitrogens is 2. The number of likely N-dealkylation sites (N-methyl/N-ethyl adjacent to an activating group) is 1. The molecule has 0 bridgehead atoms. The Morgan fingerprint density at radius 2 is 1.71 bits per heavy atom. The topological polar surface area (TPSA) is 61.4 Å². The Morgan fingerprint density at radius 1 is 0.964 bits per heavy atom. The molecule has 4 rings (SSSR count). The van der Waals surface area contributed by atoms with E-state index in [-0.39, 0.29) is 11.9 Å². The Balaban J connectivity index is 1.42. The zero-order valence-corrected chi connectivity index (χ0v) is 16.8. The van der Waals surface area contributed by atoms with Gasteiger partial charge < -0.3 is 15.1 Å². The molecule has 2 aliphatic rings. The van der Waals surface area contributed by atoms with Crippen LogP contribution in [-0.2, 0) is 12.8 Å². The molecule has 1 aliphatic carbocycles. The number of benzene rings is 1. The van der Waals surface area contributed by atoms with E-state index in [0.29, 0.717) is 11.7 Å². The van der Waals surface area contributed by atoms with Crippen molar-refractivity contribution in [2.45, 2.75) is 44.2 Å². The van der Waals surface area contributed by atoms with E-state index in [1.807, 2.05) is 24.1 Å². The number of nitrogens with one attached hydrogen (secondary N) is 1. The van der Waals surface area contributed by atoms with E-state index >= 15 is 0 Å². The van der Waals surface area contributed by atoms with Crippen LogP contribution in [0.25, 0.3) is 0 Å². The van der Waals surface area contributed by atoms with Crippen LogP contribution in [0.5, 0.6) is 0 Å². The van der Waals surface area contributed by atoms with E-state index < -0.39 is 0 Å². The van der Waals surface area contributed by atoms with E-state index in [1.54, 1.807) is 0 Å². The summed E-state index contributed by atoms with van der Waals surface area (Å²) in [6.07, 6.45) is 5.19. The average molecular weight is 380 g/mol. The second kappa shape index (κ2) is 8.27. The highest BCUT2D eigenvalue weighted by Crippen LogP contribution is 2.26. The van der Waals surface area contributed by atoms with Crippen molar-refractivity contribution in [3.63, 3.8) is 0 Å². The maximum atomic E-state index is 12.8. The molecule has 1 atom stereocenters. The number of carbonyl (C=O) groups is 1. The molecule has 2 aromatic rings. The quantitative estimate of drug-likeness (QED) is 0.883. The van der Waals surface area contributed by atoms with Crippen LogP contribution in [0.15, 0.2) is 36.4 Å². The van der Waals surface area contributed by atoms with Crippen LogP contribution in [-0.4, -0.2) is 60.3 Å². The van der Waals surface area contributed by atoms with E-state index in [1.165, 1.54) is 11.1 Å². The number of anilines is 1. The van der Waals surface area contributed by atoms with Gasteiger partial charge in [0.15, 0.2) is 11.5 Å². The molecule has 1 fully saturated rings. The van der Waals surface area contributed by atoms with Gasteiger partial charge in [-0.3, -0.25) is 4.79 Å². The normalized spacial score (nSPS) is 19.7. The molecule has 0 spiro atoms. The van der Waals surface area contributed by atoms with Gasteiger partial charge in [0.2, 0.25) is 0 Å². The number of hydrogen-bond acceptors (Lipinski definition) is 5. The molecule has 6 heteroatoms. The smallest absolute Gasteiger partial charge is 0.274 e. The van der Waals surface area contributed by atoms with Gasteiger partial charge in [-0.2, -0.15) is 0 Å². The number of carbonyl (C=O) groups excluding carboxylic acids is 1. The highest BCUT2D eigenvalue weighted by Gasteiger charge is 2.25. The van der Waals surface area contributed by atoms with Crippen molar-refractivity contribution in [2.24, 2.45) is 0 Å².